The molecule has 1 N–H and O–H groups in total. The Labute approximate surface area is 112 Å². The molecule has 1 aliphatic carbocycles. The molecule has 1 aromatic heterocycles. The molecule has 0 saturated carbocycles. The number of nitrogens with zero attached hydrogens (tertiary/aromatic N) is 3. The summed E-state index contributed by atoms with van der Waals surface area (Å²) in [5, 5.41) is 9.18. The van der Waals surface area contributed by atoms with E-state index in [-0.39, 0.29) is 5.92 Å². The predicted octanol–water partition coefficient (Wildman–Crippen LogP) is 1.66. The fourth-order valence-electron chi connectivity index (χ4n) is 3.15. The lowest BCUT2D eigenvalue weighted by molar-refractivity contribution is -0.141. The lowest BCUT2D eigenvalue weighted by Crippen LogP contribution is -2.40. The van der Waals surface area contributed by atoms with Crippen LogP contribution in [0.15, 0.2) is 6.33 Å². The van der Waals surface area contributed by atoms with Crippen LogP contribution in [0.2, 0.25) is 0 Å². The lowest BCUT2D eigenvalue weighted by Gasteiger charge is -2.33. The fourth-order valence-corrected chi connectivity index (χ4v) is 3.15. The second-order valence-corrected chi connectivity index (χ2v) is 5.45. The summed E-state index contributed by atoms with van der Waals surface area (Å²) >= 11 is 0. The predicted molar refractivity (Wildman–Crippen MR) is 71.2 cm³/mol. The van der Waals surface area contributed by atoms with E-state index in [1.807, 2.05) is 0 Å². The van der Waals surface area contributed by atoms with E-state index in [0.29, 0.717) is 6.54 Å². The molecule has 0 radical (unpaired) electrons. The number of carboxylic acid groups (broad SMARTS) is 1. The van der Waals surface area contributed by atoms with Gasteiger partial charge < -0.3 is 10.0 Å². The van der Waals surface area contributed by atoms with Crippen LogP contribution in [0.5, 0.6) is 0 Å². The molecule has 3 rings (SSSR count). The van der Waals surface area contributed by atoms with Crippen LogP contribution >= 0.6 is 0 Å². The fraction of sp³-hybridized carbons (Fsp3) is 0.643. The average molecular weight is 261 g/mol. The molecule has 1 aromatic rings. The second-order valence-electron chi connectivity index (χ2n) is 5.45. The van der Waals surface area contributed by atoms with Gasteiger partial charge in [-0.25, -0.2) is 9.97 Å². The Morgan fingerprint density at radius 3 is 2.95 bits per heavy atom. The van der Waals surface area contributed by atoms with Crippen LogP contribution < -0.4 is 4.90 Å². The van der Waals surface area contributed by atoms with Crippen LogP contribution in [0.3, 0.4) is 0 Å². The van der Waals surface area contributed by atoms with E-state index >= 15 is 0 Å². The van der Waals surface area contributed by atoms with Crippen molar-refractivity contribution in [1.82, 2.24) is 9.97 Å². The van der Waals surface area contributed by atoms with Crippen molar-refractivity contribution in [3.8, 4) is 0 Å². The SMILES string of the molecule is O=C(O)[C@H]1CCCN(c2ncnc3c2CCCC3)C1. The van der Waals surface area contributed by atoms with Crippen molar-refractivity contribution in [2.75, 3.05) is 18.0 Å². The highest BCUT2D eigenvalue weighted by molar-refractivity contribution is 5.71. The summed E-state index contributed by atoms with van der Waals surface area (Å²) in [6.07, 6.45) is 7.77. The molecule has 5 nitrogen and oxygen atoms in total. The zero-order valence-electron chi connectivity index (χ0n) is 11.0. The van der Waals surface area contributed by atoms with Crippen molar-refractivity contribution in [2.45, 2.75) is 38.5 Å². The maximum Gasteiger partial charge on any atom is 0.308 e. The van der Waals surface area contributed by atoms with Crippen LogP contribution in [0, 0.1) is 5.92 Å². The van der Waals surface area contributed by atoms with Crippen LogP contribution in [0.4, 0.5) is 5.82 Å². The zero-order valence-corrected chi connectivity index (χ0v) is 11.0. The van der Waals surface area contributed by atoms with E-state index in [0.717, 1.165) is 43.7 Å². The summed E-state index contributed by atoms with van der Waals surface area (Å²) in [5.74, 6) is 0.0335. The molecule has 19 heavy (non-hydrogen) atoms. The molecule has 0 spiro atoms. The van der Waals surface area contributed by atoms with Crippen LogP contribution in [-0.2, 0) is 17.6 Å². The van der Waals surface area contributed by atoms with Gasteiger partial charge in [0.2, 0.25) is 0 Å². The molecule has 2 heterocycles. The van der Waals surface area contributed by atoms with Gasteiger partial charge in [0, 0.05) is 24.3 Å². The molecular weight excluding hydrogens is 242 g/mol. The topological polar surface area (TPSA) is 66.3 Å². The molecule has 1 atom stereocenters. The number of fused-ring (bicyclic) bond motifs is 1. The van der Waals surface area contributed by atoms with Crippen molar-refractivity contribution in [2.24, 2.45) is 5.92 Å². The summed E-state index contributed by atoms with van der Waals surface area (Å²) in [4.78, 5) is 22.1. The van der Waals surface area contributed by atoms with E-state index in [9.17, 15) is 9.90 Å². The maximum atomic E-state index is 11.2. The maximum absolute atomic E-state index is 11.2. The summed E-state index contributed by atoms with van der Waals surface area (Å²) in [5.41, 5.74) is 2.41. The Balaban J connectivity index is 1.87. The molecule has 0 aromatic carbocycles. The van der Waals surface area contributed by atoms with Gasteiger partial charge in [0.1, 0.15) is 12.1 Å². The van der Waals surface area contributed by atoms with E-state index in [1.165, 1.54) is 18.4 Å². The third-order valence-electron chi connectivity index (χ3n) is 4.17. The third-order valence-corrected chi connectivity index (χ3v) is 4.17. The first-order valence-corrected chi connectivity index (χ1v) is 7.06. The smallest absolute Gasteiger partial charge is 0.308 e. The number of carbonyl (C=O) groups is 1. The summed E-state index contributed by atoms with van der Waals surface area (Å²) in [6.45, 7) is 1.49. The monoisotopic (exact) mass is 261 g/mol. The highest BCUT2D eigenvalue weighted by Gasteiger charge is 2.28. The van der Waals surface area contributed by atoms with Gasteiger partial charge in [-0.2, -0.15) is 0 Å². The van der Waals surface area contributed by atoms with Crippen molar-refractivity contribution in [1.29, 1.82) is 0 Å². The number of rotatable bonds is 2. The van der Waals surface area contributed by atoms with E-state index in [1.54, 1.807) is 6.33 Å². The van der Waals surface area contributed by atoms with Crippen LogP contribution in [0.25, 0.3) is 0 Å². The van der Waals surface area contributed by atoms with Crippen molar-refractivity contribution >= 4 is 11.8 Å². The van der Waals surface area contributed by atoms with Gasteiger partial charge in [-0.1, -0.05) is 0 Å². The average Bonchev–Trinajstić information content (AvgIpc) is 2.47. The van der Waals surface area contributed by atoms with Gasteiger partial charge in [-0.3, -0.25) is 4.79 Å². The number of piperidine rings is 1. The largest absolute Gasteiger partial charge is 0.481 e. The standard InChI is InChI=1S/C14H19N3O2/c18-14(19)10-4-3-7-17(8-10)13-11-5-1-2-6-12(11)15-9-16-13/h9-10H,1-8H2,(H,18,19)/t10-/m0/s1. The Morgan fingerprint density at radius 2 is 2.11 bits per heavy atom. The van der Waals surface area contributed by atoms with Gasteiger partial charge in [-0.05, 0) is 38.5 Å². The highest BCUT2D eigenvalue weighted by Crippen LogP contribution is 2.29. The molecule has 5 heteroatoms. The third kappa shape index (κ3) is 2.41. The number of hydrogen-bond acceptors (Lipinski definition) is 4. The van der Waals surface area contributed by atoms with Crippen molar-refractivity contribution in [3.63, 3.8) is 0 Å². The van der Waals surface area contributed by atoms with Crippen molar-refractivity contribution in [3.05, 3.63) is 17.6 Å². The van der Waals surface area contributed by atoms with E-state index in [4.69, 9.17) is 0 Å². The molecule has 1 fully saturated rings. The number of aryl methyl sites for hydroxylation is 1. The Bertz CT molecular complexity index is 490. The summed E-state index contributed by atoms with van der Waals surface area (Å²) < 4.78 is 0. The quantitative estimate of drug-likeness (QED) is 0.877. The molecular formula is C14H19N3O2. The number of aromatic nitrogens is 2. The Morgan fingerprint density at radius 1 is 1.26 bits per heavy atom. The highest BCUT2D eigenvalue weighted by atomic mass is 16.4. The summed E-state index contributed by atoms with van der Waals surface area (Å²) in [6, 6.07) is 0. The molecule has 102 valence electrons. The minimum absolute atomic E-state index is 0.261. The molecule has 1 saturated heterocycles. The van der Waals surface area contributed by atoms with Crippen molar-refractivity contribution < 1.29 is 9.90 Å². The second kappa shape index (κ2) is 5.15. The minimum Gasteiger partial charge on any atom is -0.481 e. The normalized spacial score (nSPS) is 22.9. The van der Waals surface area contributed by atoms with E-state index in [2.05, 4.69) is 14.9 Å². The number of anilines is 1. The van der Waals surface area contributed by atoms with Gasteiger partial charge in [0.25, 0.3) is 0 Å². The molecule has 0 amide bonds. The minimum atomic E-state index is -0.687. The molecule has 1 aliphatic heterocycles. The zero-order chi connectivity index (χ0) is 13.2. The van der Waals surface area contributed by atoms with Gasteiger partial charge >= 0.3 is 5.97 Å². The lowest BCUT2D eigenvalue weighted by atomic mass is 9.94. The first-order chi connectivity index (χ1) is 9.25. The Kier molecular flexibility index (Phi) is 3.36. The summed E-state index contributed by atoms with van der Waals surface area (Å²) in [7, 11) is 0. The van der Waals surface area contributed by atoms with Gasteiger partial charge in [0.05, 0.1) is 5.92 Å². The van der Waals surface area contributed by atoms with Gasteiger partial charge in [-0.15, -0.1) is 0 Å². The molecule has 0 unspecified atom stereocenters. The number of aliphatic carboxylic acids is 1. The van der Waals surface area contributed by atoms with E-state index < -0.39 is 5.97 Å². The molecule has 2 aliphatic rings. The Hall–Kier alpha value is -1.65. The number of carboxylic acids is 1. The van der Waals surface area contributed by atoms with Gasteiger partial charge in [0.15, 0.2) is 0 Å². The first kappa shape index (κ1) is 12.4. The first-order valence-electron chi connectivity index (χ1n) is 7.06. The van der Waals surface area contributed by atoms with Crippen LogP contribution in [-0.4, -0.2) is 34.1 Å². The number of hydrogen-bond donors (Lipinski definition) is 1. The molecule has 0 bridgehead atoms. The van der Waals surface area contributed by atoms with Crippen LogP contribution in [0.1, 0.15) is 36.9 Å².